The van der Waals surface area contributed by atoms with Gasteiger partial charge in [-0.1, -0.05) is 54.6 Å². The van der Waals surface area contributed by atoms with E-state index in [9.17, 15) is 9.59 Å². The molecule has 5 nitrogen and oxygen atoms in total. The largest absolute Gasteiger partial charge is 0.496 e. The van der Waals surface area contributed by atoms with Crippen LogP contribution in [-0.2, 0) is 25.7 Å². The van der Waals surface area contributed by atoms with E-state index in [0.717, 1.165) is 35.7 Å². The Labute approximate surface area is 170 Å². The van der Waals surface area contributed by atoms with Crippen LogP contribution in [0.25, 0.3) is 0 Å². The van der Waals surface area contributed by atoms with Gasteiger partial charge >= 0.3 is 11.9 Å². The molecule has 0 aliphatic rings. The van der Waals surface area contributed by atoms with Crippen molar-refractivity contribution in [3.05, 3.63) is 28.2 Å². The number of unbranched alkanes of at least 4 members (excludes halogenated alkanes) is 5. The first-order chi connectivity index (χ1) is 13.1. The van der Waals surface area contributed by atoms with Crippen molar-refractivity contribution in [1.82, 2.24) is 0 Å². The molecule has 0 radical (unpaired) electrons. The maximum atomic E-state index is 11.8. The van der Waals surface area contributed by atoms with Gasteiger partial charge in [0.05, 0.1) is 13.7 Å². The fraction of sp³-hybridized carbons (Fsp3) is 0.619. The summed E-state index contributed by atoms with van der Waals surface area (Å²) in [4.78, 5) is 23.4. The van der Waals surface area contributed by atoms with Crippen LogP contribution in [0.5, 0.6) is 5.75 Å². The van der Waals surface area contributed by atoms with E-state index in [2.05, 4.69) is 22.9 Å². The number of carbonyl (C=O) groups is 2. The van der Waals surface area contributed by atoms with E-state index in [1.165, 1.54) is 12.8 Å². The molecule has 0 atom stereocenters. The van der Waals surface area contributed by atoms with Gasteiger partial charge in [-0.2, -0.15) is 0 Å². The fourth-order valence-corrected chi connectivity index (χ4v) is 2.91. The molecular formula is C21H31BrO5. The Kier molecular flexibility index (Phi) is 12.6. The third kappa shape index (κ3) is 11.0. The van der Waals surface area contributed by atoms with Crippen molar-refractivity contribution in [2.24, 2.45) is 0 Å². The second-order valence-electron chi connectivity index (χ2n) is 6.46. The maximum absolute atomic E-state index is 11.8. The van der Waals surface area contributed by atoms with Crippen molar-refractivity contribution in [2.75, 3.05) is 13.7 Å². The van der Waals surface area contributed by atoms with Gasteiger partial charge in [0.25, 0.3) is 0 Å². The van der Waals surface area contributed by atoms with Crippen molar-refractivity contribution in [3.8, 4) is 5.75 Å². The lowest BCUT2D eigenvalue weighted by Gasteiger charge is -2.10. The van der Waals surface area contributed by atoms with Crippen molar-refractivity contribution < 1.29 is 23.8 Å². The SMILES string of the molecule is CCCCCCOC(=O)CCCCCC(=O)OCc1ccc(Br)cc1OC. The second-order valence-corrected chi connectivity index (χ2v) is 7.37. The molecule has 0 bridgehead atoms. The summed E-state index contributed by atoms with van der Waals surface area (Å²) in [5, 5.41) is 0. The predicted octanol–water partition coefficient (Wildman–Crippen LogP) is 5.57. The van der Waals surface area contributed by atoms with Gasteiger partial charge in [0.15, 0.2) is 0 Å². The first kappa shape index (κ1) is 23.5. The highest BCUT2D eigenvalue weighted by molar-refractivity contribution is 9.10. The molecule has 152 valence electrons. The van der Waals surface area contributed by atoms with Gasteiger partial charge in [-0.3, -0.25) is 9.59 Å². The minimum atomic E-state index is -0.238. The summed E-state index contributed by atoms with van der Waals surface area (Å²) in [6.45, 7) is 2.86. The van der Waals surface area contributed by atoms with E-state index in [4.69, 9.17) is 14.2 Å². The predicted molar refractivity (Wildman–Crippen MR) is 109 cm³/mol. The Bertz CT molecular complexity index is 574. The number of rotatable bonds is 14. The standard InChI is InChI=1S/C21H31BrO5/c1-3-4-5-9-14-26-20(23)10-7-6-8-11-21(24)27-16-17-12-13-18(22)15-19(17)25-2/h12-13,15H,3-11,14,16H2,1-2H3. The quantitative estimate of drug-likeness (QED) is 0.278. The molecule has 1 aromatic carbocycles. The fourth-order valence-electron chi connectivity index (χ4n) is 2.57. The van der Waals surface area contributed by atoms with Gasteiger partial charge in [0.1, 0.15) is 12.4 Å². The summed E-state index contributed by atoms with van der Waals surface area (Å²) < 4.78 is 16.7. The molecule has 6 heteroatoms. The number of methoxy groups -OCH3 is 1. The van der Waals surface area contributed by atoms with E-state index in [-0.39, 0.29) is 18.5 Å². The molecule has 0 spiro atoms. The zero-order valence-electron chi connectivity index (χ0n) is 16.4. The maximum Gasteiger partial charge on any atom is 0.306 e. The Morgan fingerprint density at radius 3 is 2.26 bits per heavy atom. The van der Waals surface area contributed by atoms with Crippen molar-refractivity contribution in [1.29, 1.82) is 0 Å². The number of esters is 2. The molecule has 0 aliphatic heterocycles. The summed E-state index contributed by atoms with van der Waals surface area (Å²) in [5.41, 5.74) is 0.829. The third-order valence-corrected chi connectivity index (χ3v) is 4.65. The lowest BCUT2D eigenvalue weighted by Crippen LogP contribution is -2.07. The molecule has 0 aliphatic carbocycles. The Balaban J connectivity index is 2.08. The van der Waals surface area contributed by atoms with Crippen LogP contribution < -0.4 is 4.74 Å². The van der Waals surface area contributed by atoms with Crippen LogP contribution in [0.1, 0.15) is 70.3 Å². The molecule has 0 amide bonds. The van der Waals surface area contributed by atoms with Crippen LogP contribution in [0.3, 0.4) is 0 Å². The van der Waals surface area contributed by atoms with Gasteiger partial charge in [0.2, 0.25) is 0 Å². The number of hydrogen-bond acceptors (Lipinski definition) is 5. The first-order valence-corrected chi connectivity index (χ1v) is 10.5. The monoisotopic (exact) mass is 442 g/mol. The van der Waals surface area contributed by atoms with Crippen molar-refractivity contribution in [3.63, 3.8) is 0 Å². The van der Waals surface area contributed by atoms with E-state index >= 15 is 0 Å². The average molecular weight is 443 g/mol. The zero-order chi connectivity index (χ0) is 19.9. The molecule has 0 unspecified atom stereocenters. The van der Waals surface area contributed by atoms with Crippen LogP contribution in [0.2, 0.25) is 0 Å². The first-order valence-electron chi connectivity index (χ1n) is 9.70. The molecule has 0 saturated carbocycles. The van der Waals surface area contributed by atoms with Crippen molar-refractivity contribution >= 4 is 27.9 Å². The summed E-state index contributed by atoms with van der Waals surface area (Å²) in [6, 6.07) is 5.59. The summed E-state index contributed by atoms with van der Waals surface area (Å²) in [5.74, 6) is 0.306. The van der Waals surface area contributed by atoms with Crippen LogP contribution >= 0.6 is 15.9 Å². The highest BCUT2D eigenvalue weighted by Crippen LogP contribution is 2.24. The number of carbonyl (C=O) groups excluding carboxylic acids is 2. The summed E-state index contributed by atoms with van der Waals surface area (Å²) in [7, 11) is 1.59. The summed E-state index contributed by atoms with van der Waals surface area (Å²) >= 11 is 3.38. The Hall–Kier alpha value is -1.56. The number of benzene rings is 1. The van der Waals surface area contributed by atoms with E-state index in [0.29, 0.717) is 31.6 Å². The molecule has 1 aromatic rings. The Morgan fingerprint density at radius 2 is 1.59 bits per heavy atom. The molecule has 0 N–H and O–H groups in total. The molecule has 0 heterocycles. The molecule has 0 saturated heterocycles. The highest BCUT2D eigenvalue weighted by Gasteiger charge is 2.08. The topological polar surface area (TPSA) is 61.8 Å². The smallest absolute Gasteiger partial charge is 0.306 e. The molecule has 1 rings (SSSR count). The molecule has 0 fully saturated rings. The molecular weight excluding hydrogens is 412 g/mol. The minimum Gasteiger partial charge on any atom is -0.496 e. The van der Waals surface area contributed by atoms with Crippen LogP contribution in [0.4, 0.5) is 0 Å². The van der Waals surface area contributed by atoms with Gasteiger partial charge in [-0.25, -0.2) is 0 Å². The van der Waals surface area contributed by atoms with E-state index in [1.54, 1.807) is 7.11 Å². The number of ether oxygens (including phenoxy) is 3. The minimum absolute atomic E-state index is 0.142. The molecule has 0 aromatic heterocycles. The van der Waals surface area contributed by atoms with Crippen LogP contribution in [-0.4, -0.2) is 25.7 Å². The van der Waals surface area contributed by atoms with Crippen LogP contribution in [0.15, 0.2) is 22.7 Å². The van der Waals surface area contributed by atoms with Gasteiger partial charge in [-0.15, -0.1) is 0 Å². The van der Waals surface area contributed by atoms with Crippen molar-refractivity contribution in [2.45, 2.75) is 71.3 Å². The lowest BCUT2D eigenvalue weighted by molar-refractivity contribution is -0.145. The van der Waals surface area contributed by atoms with E-state index in [1.807, 2.05) is 18.2 Å². The van der Waals surface area contributed by atoms with Gasteiger partial charge < -0.3 is 14.2 Å². The van der Waals surface area contributed by atoms with Crippen LogP contribution in [0, 0.1) is 0 Å². The molecule has 27 heavy (non-hydrogen) atoms. The second kappa shape index (κ2) is 14.5. The zero-order valence-corrected chi connectivity index (χ0v) is 18.0. The Morgan fingerprint density at radius 1 is 0.926 bits per heavy atom. The average Bonchev–Trinajstić information content (AvgIpc) is 2.66. The lowest BCUT2D eigenvalue weighted by atomic mass is 10.1. The van der Waals surface area contributed by atoms with Gasteiger partial charge in [-0.05, 0) is 31.4 Å². The normalized spacial score (nSPS) is 10.5. The number of hydrogen-bond donors (Lipinski definition) is 0. The van der Waals surface area contributed by atoms with E-state index < -0.39 is 0 Å². The van der Waals surface area contributed by atoms with Gasteiger partial charge in [0, 0.05) is 22.9 Å². The number of halogens is 1. The summed E-state index contributed by atoms with van der Waals surface area (Å²) in [6.07, 6.45) is 7.43. The third-order valence-electron chi connectivity index (χ3n) is 4.16. The highest BCUT2D eigenvalue weighted by atomic mass is 79.9.